The van der Waals surface area contributed by atoms with Crippen molar-refractivity contribution in [1.82, 2.24) is 15.1 Å². The molecule has 2 heterocycles. The van der Waals surface area contributed by atoms with Crippen molar-refractivity contribution in [1.29, 1.82) is 0 Å². The van der Waals surface area contributed by atoms with Gasteiger partial charge in [-0.15, -0.1) is 11.3 Å². The number of nitrogens with one attached hydrogen (secondary N) is 1. The topological polar surface area (TPSA) is 72.9 Å². The zero-order chi connectivity index (χ0) is 23.5. The fourth-order valence-electron chi connectivity index (χ4n) is 3.56. The Hall–Kier alpha value is -2.36. The number of benzene rings is 1. The number of thiophene rings is 1. The summed E-state index contributed by atoms with van der Waals surface area (Å²) < 4.78 is 41.6. The van der Waals surface area contributed by atoms with Crippen LogP contribution in [-0.2, 0) is 26.1 Å². The lowest BCUT2D eigenvalue weighted by Gasteiger charge is -2.19. The first kappa shape index (κ1) is 24.3. The summed E-state index contributed by atoms with van der Waals surface area (Å²) in [5.74, 6) is -0.378. The monoisotopic (exact) mass is 484 g/mol. The molecule has 32 heavy (non-hydrogen) atoms. The van der Waals surface area contributed by atoms with Crippen LogP contribution in [-0.4, -0.2) is 28.3 Å². The van der Waals surface area contributed by atoms with Crippen LogP contribution in [0.15, 0.2) is 36.5 Å². The minimum atomic E-state index is -4.47. The molecule has 0 bridgehead atoms. The van der Waals surface area contributed by atoms with Crippen LogP contribution in [0.1, 0.15) is 39.0 Å². The average Bonchev–Trinajstić information content (AvgIpc) is 3.29. The van der Waals surface area contributed by atoms with E-state index in [0.717, 1.165) is 35.0 Å². The molecular formula is C22H24ClF3N4OS. The molecular weight excluding hydrogens is 461 g/mol. The first-order valence-electron chi connectivity index (χ1n) is 10.1. The fraction of sp³-hybridized carbons (Fsp3) is 0.364. The summed E-state index contributed by atoms with van der Waals surface area (Å²) in [6.07, 6.45) is -1.31. The number of rotatable bonds is 8. The third kappa shape index (κ3) is 5.33. The Morgan fingerprint density at radius 3 is 2.66 bits per heavy atom. The van der Waals surface area contributed by atoms with Gasteiger partial charge in [-0.25, -0.2) is 0 Å². The maximum atomic E-state index is 13.3. The van der Waals surface area contributed by atoms with E-state index in [4.69, 9.17) is 17.3 Å². The summed E-state index contributed by atoms with van der Waals surface area (Å²) in [4.78, 5) is 14.4. The van der Waals surface area contributed by atoms with E-state index >= 15 is 0 Å². The molecule has 5 nitrogen and oxygen atoms in total. The number of hydrogen-bond acceptors (Lipinski definition) is 4. The molecule has 3 aromatic rings. The summed E-state index contributed by atoms with van der Waals surface area (Å²) >= 11 is 7.64. The van der Waals surface area contributed by atoms with Gasteiger partial charge in [0, 0.05) is 30.1 Å². The van der Waals surface area contributed by atoms with Gasteiger partial charge in [-0.05, 0) is 30.5 Å². The maximum absolute atomic E-state index is 13.3. The van der Waals surface area contributed by atoms with Gasteiger partial charge in [0.05, 0.1) is 27.4 Å². The van der Waals surface area contributed by atoms with E-state index in [1.165, 1.54) is 23.5 Å². The highest BCUT2D eigenvalue weighted by Gasteiger charge is 2.33. The highest BCUT2D eigenvalue weighted by molar-refractivity contribution is 7.14. The molecule has 0 saturated heterocycles. The largest absolute Gasteiger partial charge is 0.416 e. The van der Waals surface area contributed by atoms with E-state index in [9.17, 15) is 18.0 Å². The van der Waals surface area contributed by atoms with Gasteiger partial charge in [0.2, 0.25) is 0 Å². The summed E-state index contributed by atoms with van der Waals surface area (Å²) in [5, 5.41) is 7.44. The van der Waals surface area contributed by atoms with Gasteiger partial charge in [-0.1, -0.05) is 43.1 Å². The van der Waals surface area contributed by atoms with Gasteiger partial charge >= 0.3 is 6.18 Å². The third-order valence-electron chi connectivity index (χ3n) is 5.07. The predicted octanol–water partition coefficient (Wildman–Crippen LogP) is 5.07. The summed E-state index contributed by atoms with van der Waals surface area (Å²) in [6, 6.07) is 6.43. The Balaban J connectivity index is 1.84. The molecule has 0 spiro atoms. The van der Waals surface area contributed by atoms with Crippen molar-refractivity contribution in [2.45, 2.75) is 38.4 Å². The molecule has 0 radical (unpaired) electrons. The molecule has 172 valence electrons. The molecule has 1 atom stereocenters. The summed E-state index contributed by atoms with van der Waals surface area (Å²) in [7, 11) is 1.77. The first-order chi connectivity index (χ1) is 15.2. The molecule has 0 saturated carbocycles. The van der Waals surface area contributed by atoms with Gasteiger partial charge in [0.1, 0.15) is 0 Å². The minimum Gasteiger partial charge on any atom is -0.347 e. The van der Waals surface area contributed by atoms with Crippen LogP contribution in [0.5, 0.6) is 0 Å². The molecule has 0 aliphatic rings. The highest BCUT2D eigenvalue weighted by Crippen LogP contribution is 2.36. The molecule has 0 aliphatic heterocycles. The average molecular weight is 485 g/mol. The number of aryl methyl sites for hydroxylation is 2. The van der Waals surface area contributed by atoms with E-state index in [1.807, 2.05) is 6.92 Å². The van der Waals surface area contributed by atoms with Crippen LogP contribution in [0.25, 0.3) is 11.3 Å². The van der Waals surface area contributed by atoms with Crippen LogP contribution < -0.4 is 11.1 Å². The SMILES string of the molecule is CCCc1sc(C(=O)NC(CN)Cc2ccccc2C(F)(F)F)cc1-c1c(Cl)cnn1C. The zero-order valence-corrected chi connectivity index (χ0v) is 19.2. The smallest absolute Gasteiger partial charge is 0.347 e. The van der Waals surface area contributed by atoms with Crippen molar-refractivity contribution >= 4 is 28.8 Å². The Bertz CT molecular complexity index is 1070. The lowest BCUT2D eigenvalue weighted by Crippen LogP contribution is -2.41. The highest BCUT2D eigenvalue weighted by atomic mass is 35.5. The number of amides is 1. The molecule has 3 N–H and O–H groups in total. The van der Waals surface area contributed by atoms with Gasteiger partial charge in [-0.2, -0.15) is 18.3 Å². The molecule has 3 rings (SSSR count). The van der Waals surface area contributed by atoms with E-state index in [1.54, 1.807) is 30.1 Å². The van der Waals surface area contributed by atoms with Crippen LogP contribution >= 0.6 is 22.9 Å². The van der Waals surface area contributed by atoms with Crippen molar-refractivity contribution in [3.63, 3.8) is 0 Å². The minimum absolute atomic E-state index is 0.00550. The second-order valence-corrected chi connectivity index (χ2v) is 8.97. The van der Waals surface area contributed by atoms with Crippen molar-refractivity contribution in [3.8, 4) is 11.3 Å². The van der Waals surface area contributed by atoms with Gasteiger partial charge in [-0.3, -0.25) is 9.48 Å². The molecule has 1 amide bonds. The maximum Gasteiger partial charge on any atom is 0.416 e. The third-order valence-corrected chi connectivity index (χ3v) is 6.54. The van der Waals surface area contributed by atoms with E-state index in [2.05, 4.69) is 10.4 Å². The van der Waals surface area contributed by atoms with E-state index in [0.29, 0.717) is 9.90 Å². The molecule has 0 fully saturated rings. The number of alkyl halides is 3. The first-order valence-corrected chi connectivity index (χ1v) is 11.3. The number of halogens is 4. The Morgan fingerprint density at radius 1 is 1.34 bits per heavy atom. The summed E-state index contributed by atoms with van der Waals surface area (Å²) in [5.41, 5.74) is 6.71. The van der Waals surface area contributed by atoms with E-state index < -0.39 is 17.8 Å². The Labute approximate surface area is 193 Å². The number of nitrogens with zero attached hydrogens (tertiary/aromatic N) is 2. The normalized spacial score (nSPS) is 12.7. The molecule has 0 aliphatic carbocycles. The lowest BCUT2D eigenvalue weighted by molar-refractivity contribution is -0.138. The lowest BCUT2D eigenvalue weighted by atomic mass is 9.99. The molecule has 1 aromatic carbocycles. The van der Waals surface area contributed by atoms with Gasteiger partial charge < -0.3 is 11.1 Å². The fourth-order valence-corrected chi connectivity index (χ4v) is 4.99. The predicted molar refractivity (Wildman–Crippen MR) is 121 cm³/mol. The Kier molecular flexibility index (Phi) is 7.63. The number of hydrogen-bond donors (Lipinski definition) is 2. The summed E-state index contributed by atoms with van der Waals surface area (Å²) in [6.45, 7) is 2.04. The van der Waals surface area contributed by atoms with Crippen molar-refractivity contribution in [2.75, 3.05) is 6.54 Å². The number of carbonyl (C=O) groups is 1. The molecule has 1 unspecified atom stereocenters. The van der Waals surface area contributed by atoms with Crippen LogP contribution in [0.4, 0.5) is 13.2 Å². The molecule has 2 aromatic heterocycles. The number of nitrogens with two attached hydrogens (primary N) is 1. The standard InChI is InChI=1S/C22H24ClF3N4OS/c1-3-6-18-15(20-17(23)12-28-30(20)2)10-19(32-18)21(31)29-14(11-27)9-13-7-4-5-8-16(13)22(24,25)26/h4-5,7-8,10,12,14H,3,6,9,11,27H2,1-2H3,(H,29,31). The van der Waals surface area contributed by atoms with Crippen LogP contribution in [0.3, 0.4) is 0 Å². The van der Waals surface area contributed by atoms with Crippen molar-refractivity contribution < 1.29 is 18.0 Å². The second kappa shape index (κ2) is 10.1. The van der Waals surface area contributed by atoms with Crippen LogP contribution in [0, 0.1) is 0 Å². The second-order valence-electron chi connectivity index (χ2n) is 7.43. The Morgan fingerprint density at radius 2 is 2.06 bits per heavy atom. The zero-order valence-electron chi connectivity index (χ0n) is 17.7. The quantitative estimate of drug-likeness (QED) is 0.468. The van der Waals surface area contributed by atoms with Crippen LogP contribution in [0.2, 0.25) is 5.02 Å². The number of carbonyl (C=O) groups excluding carboxylic acids is 1. The van der Waals surface area contributed by atoms with Crippen molar-refractivity contribution in [2.24, 2.45) is 12.8 Å². The van der Waals surface area contributed by atoms with Gasteiger partial charge in [0.25, 0.3) is 5.91 Å². The van der Waals surface area contributed by atoms with Crippen molar-refractivity contribution in [3.05, 3.63) is 62.4 Å². The number of aromatic nitrogens is 2. The van der Waals surface area contributed by atoms with Gasteiger partial charge in [0.15, 0.2) is 0 Å². The van der Waals surface area contributed by atoms with E-state index in [-0.39, 0.29) is 24.4 Å². The molecule has 10 heteroatoms.